The Morgan fingerprint density at radius 3 is 2.78 bits per heavy atom. The van der Waals surface area contributed by atoms with E-state index >= 15 is 0 Å². The summed E-state index contributed by atoms with van der Waals surface area (Å²) in [4.78, 5) is 27.9. The molecule has 4 unspecified atom stereocenters. The fourth-order valence-electron chi connectivity index (χ4n) is 3.85. The average Bonchev–Trinajstić information content (AvgIpc) is 3.25. The van der Waals surface area contributed by atoms with Crippen LogP contribution in [0, 0.1) is 5.92 Å². The number of hydrogen-bond donors (Lipinski definition) is 2. The molecule has 6 nitrogen and oxygen atoms in total. The molecule has 4 atom stereocenters. The number of carbonyl (C=O) groups excluding carboxylic acids is 1. The van der Waals surface area contributed by atoms with Crippen molar-refractivity contribution in [3.05, 3.63) is 40.3 Å². The highest BCUT2D eigenvalue weighted by Crippen LogP contribution is 2.55. The molecule has 0 radical (unpaired) electrons. The Labute approximate surface area is 166 Å². The van der Waals surface area contributed by atoms with Crippen molar-refractivity contribution < 1.29 is 19.8 Å². The van der Waals surface area contributed by atoms with Gasteiger partial charge in [-0.05, 0) is 25.0 Å². The van der Waals surface area contributed by atoms with Crippen molar-refractivity contribution in [3.8, 4) is 0 Å². The summed E-state index contributed by atoms with van der Waals surface area (Å²) in [5, 5.41) is 19.8. The van der Waals surface area contributed by atoms with Crippen molar-refractivity contribution in [1.29, 1.82) is 0 Å². The number of anilines is 1. The van der Waals surface area contributed by atoms with Crippen LogP contribution in [0.2, 0.25) is 0 Å². The number of aliphatic hydroxyl groups excluding tert-OH is 1. The molecule has 4 rings (SSSR count). The van der Waals surface area contributed by atoms with Crippen molar-refractivity contribution >= 4 is 41.1 Å². The number of amides is 1. The zero-order chi connectivity index (χ0) is 19.1. The van der Waals surface area contributed by atoms with Crippen molar-refractivity contribution in [3.63, 3.8) is 0 Å². The second-order valence-electron chi connectivity index (χ2n) is 6.97. The monoisotopic (exact) mass is 406 g/mol. The summed E-state index contributed by atoms with van der Waals surface area (Å²) in [7, 11) is 0. The number of nitrogens with zero attached hydrogens (tertiary/aromatic N) is 2. The molecule has 2 fully saturated rings. The largest absolute Gasteiger partial charge is 0.477 e. The van der Waals surface area contributed by atoms with E-state index in [4.69, 9.17) is 0 Å². The number of β-lactam (4-membered cyclic amide) rings is 1. The first kappa shape index (κ1) is 18.7. The highest BCUT2D eigenvalue weighted by atomic mass is 32.2. The lowest BCUT2D eigenvalue weighted by Crippen LogP contribution is -2.61. The molecule has 144 valence electrons. The quantitative estimate of drug-likeness (QED) is 0.703. The Kier molecular flexibility index (Phi) is 5.13. The predicted octanol–water partition coefficient (Wildman–Crippen LogP) is 2.55. The van der Waals surface area contributed by atoms with E-state index in [-0.39, 0.29) is 22.2 Å². The Balaban J connectivity index is 1.47. The van der Waals surface area contributed by atoms with Crippen LogP contribution >= 0.6 is 23.5 Å². The number of thioether (sulfide) groups is 2. The second-order valence-corrected chi connectivity index (χ2v) is 9.67. The summed E-state index contributed by atoms with van der Waals surface area (Å²) in [5.41, 5.74) is 1.27. The average molecular weight is 407 g/mol. The summed E-state index contributed by atoms with van der Waals surface area (Å²) in [6.07, 6.45) is 0.738. The van der Waals surface area contributed by atoms with E-state index in [1.165, 1.54) is 22.3 Å². The Hall–Kier alpha value is -1.64. The van der Waals surface area contributed by atoms with Gasteiger partial charge in [0.1, 0.15) is 5.37 Å². The summed E-state index contributed by atoms with van der Waals surface area (Å²) in [6.45, 7) is 3.62. The molecule has 2 saturated heterocycles. The minimum Gasteiger partial charge on any atom is -0.477 e. The van der Waals surface area contributed by atoms with Gasteiger partial charge in [0.25, 0.3) is 0 Å². The van der Waals surface area contributed by atoms with Gasteiger partial charge in [0, 0.05) is 24.0 Å². The van der Waals surface area contributed by atoms with Crippen molar-refractivity contribution in [2.75, 3.05) is 18.0 Å². The summed E-state index contributed by atoms with van der Waals surface area (Å²) in [6, 6.07) is 10.2. The first-order valence-corrected chi connectivity index (χ1v) is 10.9. The van der Waals surface area contributed by atoms with Gasteiger partial charge in [0.05, 0.1) is 16.3 Å². The fraction of sp³-hybridized carbons (Fsp3) is 0.474. The van der Waals surface area contributed by atoms with Crippen LogP contribution in [-0.2, 0) is 9.59 Å². The van der Waals surface area contributed by atoms with Gasteiger partial charge in [0.15, 0.2) is 5.70 Å². The van der Waals surface area contributed by atoms with Crippen molar-refractivity contribution in [2.24, 2.45) is 5.92 Å². The molecule has 27 heavy (non-hydrogen) atoms. The van der Waals surface area contributed by atoms with E-state index in [1.54, 1.807) is 11.8 Å². The zero-order valence-electron chi connectivity index (χ0n) is 14.9. The van der Waals surface area contributed by atoms with Crippen LogP contribution in [0.5, 0.6) is 0 Å². The van der Waals surface area contributed by atoms with Crippen molar-refractivity contribution in [2.45, 2.75) is 36.5 Å². The molecule has 1 amide bonds. The van der Waals surface area contributed by atoms with E-state index in [1.807, 2.05) is 25.1 Å². The van der Waals surface area contributed by atoms with E-state index in [0.717, 1.165) is 19.5 Å². The molecular formula is C19H22N2O4S2. The van der Waals surface area contributed by atoms with Gasteiger partial charge in [-0.15, -0.1) is 11.8 Å². The van der Waals surface area contributed by atoms with Gasteiger partial charge in [-0.3, -0.25) is 9.69 Å². The Bertz CT molecular complexity index is 785. The number of carboxylic acids is 1. The van der Waals surface area contributed by atoms with Crippen LogP contribution in [0.4, 0.5) is 5.69 Å². The number of fused-ring (bicyclic) bond motifs is 1. The molecule has 0 spiro atoms. The molecular weight excluding hydrogens is 384 g/mol. The maximum atomic E-state index is 12.4. The van der Waals surface area contributed by atoms with E-state index in [0.29, 0.717) is 10.7 Å². The molecule has 3 aliphatic heterocycles. The number of hydrogen-bond acceptors (Lipinski definition) is 6. The minimum absolute atomic E-state index is 0.0951. The summed E-state index contributed by atoms with van der Waals surface area (Å²) < 4.78 is 0.701. The molecule has 0 saturated carbocycles. The topological polar surface area (TPSA) is 81.1 Å². The van der Waals surface area contributed by atoms with Gasteiger partial charge in [-0.25, -0.2) is 4.79 Å². The normalized spacial score (nSPS) is 28.4. The maximum Gasteiger partial charge on any atom is 0.354 e. The molecule has 3 heterocycles. The van der Waals surface area contributed by atoms with Crippen LogP contribution in [0.1, 0.15) is 19.8 Å². The molecule has 3 aliphatic rings. The lowest BCUT2D eigenvalue weighted by Gasteiger charge is -2.44. The van der Waals surface area contributed by atoms with Crippen LogP contribution in [0.15, 0.2) is 40.3 Å². The first-order chi connectivity index (χ1) is 13.0. The number of benzene rings is 1. The molecule has 1 aromatic rings. The van der Waals surface area contributed by atoms with Gasteiger partial charge in [-0.2, -0.15) is 0 Å². The number of rotatable bonds is 6. The number of aliphatic hydroxyl groups is 1. The van der Waals surface area contributed by atoms with Crippen molar-refractivity contribution in [1.82, 2.24) is 4.90 Å². The standard InChI is InChI=1S/C19H22N2O4S2/c1-2-13(22)14-16(23)21-15(18(24)25)19(27-17(14)21)26-12-8-9-20(10-12)11-6-4-3-5-7-11/h3-7,12-14,17,22H,2,8-10H2,1H3,(H,24,25). The molecule has 0 aromatic heterocycles. The Morgan fingerprint density at radius 2 is 2.11 bits per heavy atom. The van der Waals surface area contributed by atoms with Crippen LogP contribution in [0.25, 0.3) is 0 Å². The molecule has 0 bridgehead atoms. The van der Waals surface area contributed by atoms with Crippen LogP contribution in [-0.4, -0.2) is 56.8 Å². The number of carboxylic acid groups (broad SMARTS) is 1. The first-order valence-electron chi connectivity index (χ1n) is 9.13. The lowest BCUT2D eigenvalue weighted by molar-refractivity contribution is -0.157. The smallest absolute Gasteiger partial charge is 0.354 e. The lowest BCUT2D eigenvalue weighted by atomic mass is 9.90. The third kappa shape index (κ3) is 3.23. The number of carbonyl (C=O) groups is 2. The second kappa shape index (κ2) is 7.41. The van der Waals surface area contributed by atoms with Gasteiger partial charge >= 0.3 is 5.97 Å². The third-order valence-corrected chi connectivity index (χ3v) is 8.18. The molecule has 8 heteroatoms. The van der Waals surface area contributed by atoms with E-state index in [9.17, 15) is 19.8 Å². The maximum absolute atomic E-state index is 12.4. The zero-order valence-corrected chi connectivity index (χ0v) is 16.6. The highest BCUT2D eigenvalue weighted by molar-refractivity contribution is 8.23. The Morgan fingerprint density at radius 1 is 1.37 bits per heavy atom. The molecule has 2 N–H and O–H groups in total. The molecule has 1 aromatic carbocycles. The highest BCUT2D eigenvalue weighted by Gasteiger charge is 2.58. The minimum atomic E-state index is -1.07. The van der Waals surface area contributed by atoms with Crippen LogP contribution in [0.3, 0.4) is 0 Å². The SMILES string of the molecule is CCC(O)C1C(=O)N2C(C(=O)O)=C(SC3CCN(c4ccccc4)C3)SC12. The van der Waals surface area contributed by atoms with Gasteiger partial charge < -0.3 is 15.1 Å². The fourth-order valence-corrected chi connectivity index (χ4v) is 7.13. The number of para-hydroxylation sites is 1. The summed E-state index contributed by atoms with van der Waals surface area (Å²) >= 11 is 2.99. The van der Waals surface area contributed by atoms with E-state index in [2.05, 4.69) is 17.0 Å². The van der Waals surface area contributed by atoms with Gasteiger partial charge in [-0.1, -0.05) is 36.9 Å². The van der Waals surface area contributed by atoms with Gasteiger partial charge in [0.2, 0.25) is 5.91 Å². The molecule has 0 aliphatic carbocycles. The predicted molar refractivity (Wildman–Crippen MR) is 107 cm³/mol. The summed E-state index contributed by atoms with van der Waals surface area (Å²) in [5.74, 6) is -1.84. The third-order valence-electron chi connectivity index (χ3n) is 5.32. The van der Waals surface area contributed by atoms with Crippen LogP contribution < -0.4 is 4.90 Å². The van der Waals surface area contributed by atoms with E-state index < -0.39 is 18.0 Å². The number of aliphatic carboxylic acids is 1.